The lowest BCUT2D eigenvalue weighted by atomic mass is 10.2. The first-order chi connectivity index (χ1) is 13.5. The largest absolute Gasteiger partial charge is 0.493 e. The van der Waals surface area contributed by atoms with Gasteiger partial charge >= 0.3 is 0 Å². The van der Waals surface area contributed by atoms with Crippen LogP contribution in [0.3, 0.4) is 0 Å². The molecule has 28 heavy (non-hydrogen) atoms. The van der Waals surface area contributed by atoms with E-state index in [4.69, 9.17) is 44.3 Å². The van der Waals surface area contributed by atoms with Crippen molar-refractivity contribution in [3.63, 3.8) is 0 Å². The molecule has 0 spiro atoms. The molecule has 0 saturated carbocycles. The second-order valence-electron chi connectivity index (χ2n) is 6.01. The van der Waals surface area contributed by atoms with Gasteiger partial charge < -0.3 is 14.8 Å². The minimum atomic E-state index is 0.385. The fourth-order valence-electron chi connectivity index (χ4n) is 2.61. The van der Waals surface area contributed by atoms with Crippen LogP contribution in [0.25, 0.3) is 0 Å². The molecule has 0 aliphatic rings. The van der Waals surface area contributed by atoms with Crippen molar-refractivity contribution in [1.82, 2.24) is 0 Å². The number of benzene rings is 3. The van der Waals surface area contributed by atoms with Gasteiger partial charge in [0.15, 0.2) is 11.5 Å². The summed E-state index contributed by atoms with van der Waals surface area (Å²) >= 11 is 21.6. The van der Waals surface area contributed by atoms with Crippen LogP contribution in [0.15, 0.2) is 59.1 Å². The molecule has 0 radical (unpaired) electrons. The van der Waals surface area contributed by atoms with Crippen LogP contribution in [0.2, 0.25) is 15.1 Å². The quantitative estimate of drug-likeness (QED) is 0.361. The highest BCUT2D eigenvalue weighted by molar-refractivity contribution is 9.10. The van der Waals surface area contributed by atoms with Gasteiger partial charge in [-0.05, 0) is 69.5 Å². The Morgan fingerprint density at radius 2 is 1.75 bits per heavy atom. The molecule has 0 amide bonds. The molecule has 3 aromatic carbocycles. The molecular weight excluding hydrogens is 484 g/mol. The molecule has 0 aliphatic heterocycles. The fourth-order valence-corrected chi connectivity index (χ4v) is 3.72. The average Bonchev–Trinajstić information content (AvgIpc) is 2.67. The molecular formula is C21H17BrCl3NO2. The second-order valence-corrected chi connectivity index (χ2v) is 8.12. The Labute approximate surface area is 187 Å². The molecule has 0 heterocycles. The lowest BCUT2D eigenvalue weighted by Gasteiger charge is -2.15. The van der Waals surface area contributed by atoms with Crippen LogP contribution in [0.5, 0.6) is 11.5 Å². The van der Waals surface area contributed by atoms with Gasteiger partial charge in [0.1, 0.15) is 6.61 Å². The Morgan fingerprint density at radius 3 is 2.46 bits per heavy atom. The summed E-state index contributed by atoms with van der Waals surface area (Å²) in [5.41, 5.74) is 2.88. The summed E-state index contributed by atoms with van der Waals surface area (Å²) in [5.74, 6) is 1.28. The first-order valence-corrected chi connectivity index (χ1v) is 10.3. The van der Waals surface area contributed by atoms with Gasteiger partial charge in [0.25, 0.3) is 0 Å². The van der Waals surface area contributed by atoms with Crippen LogP contribution in [-0.2, 0) is 13.2 Å². The molecule has 1 N–H and O–H groups in total. The van der Waals surface area contributed by atoms with Crippen molar-refractivity contribution in [1.29, 1.82) is 0 Å². The molecule has 146 valence electrons. The van der Waals surface area contributed by atoms with E-state index in [1.165, 1.54) is 0 Å². The number of rotatable bonds is 7. The monoisotopic (exact) mass is 499 g/mol. The van der Waals surface area contributed by atoms with Crippen molar-refractivity contribution in [2.75, 3.05) is 12.4 Å². The van der Waals surface area contributed by atoms with Gasteiger partial charge in [-0.1, -0.05) is 46.9 Å². The number of nitrogens with one attached hydrogen (secondary N) is 1. The Balaban J connectivity index is 1.72. The van der Waals surface area contributed by atoms with E-state index in [-0.39, 0.29) is 0 Å². The molecule has 0 bridgehead atoms. The summed E-state index contributed by atoms with van der Waals surface area (Å²) in [7, 11) is 1.62. The lowest BCUT2D eigenvalue weighted by molar-refractivity contribution is 0.282. The predicted molar refractivity (Wildman–Crippen MR) is 120 cm³/mol. The van der Waals surface area contributed by atoms with E-state index in [1.807, 2.05) is 42.5 Å². The Morgan fingerprint density at radius 1 is 0.929 bits per heavy atom. The number of hydrogen-bond acceptors (Lipinski definition) is 3. The molecule has 0 saturated heterocycles. The van der Waals surface area contributed by atoms with Crippen molar-refractivity contribution in [2.24, 2.45) is 0 Å². The number of halogens is 4. The zero-order chi connectivity index (χ0) is 20.1. The van der Waals surface area contributed by atoms with Gasteiger partial charge in [-0.25, -0.2) is 0 Å². The first kappa shape index (κ1) is 21.1. The Kier molecular flexibility index (Phi) is 7.36. The summed E-state index contributed by atoms with van der Waals surface area (Å²) in [5, 5.41) is 5.03. The maximum absolute atomic E-state index is 6.06. The first-order valence-electron chi connectivity index (χ1n) is 8.39. The standard InChI is InChI=1S/C21H17BrCl3NO2/c1-27-20-9-14(11-26-16-5-6-18(24)19(25)10-16)8-17(22)21(20)28-12-13-3-2-4-15(23)7-13/h2-10,26H,11-12H2,1H3. The zero-order valence-corrected chi connectivity index (χ0v) is 18.8. The average molecular weight is 502 g/mol. The maximum Gasteiger partial charge on any atom is 0.175 e. The molecule has 7 heteroatoms. The lowest BCUT2D eigenvalue weighted by Crippen LogP contribution is -2.03. The molecule has 0 aromatic heterocycles. The van der Waals surface area contributed by atoms with Crippen LogP contribution in [0.1, 0.15) is 11.1 Å². The number of anilines is 1. The van der Waals surface area contributed by atoms with E-state index in [9.17, 15) is 0 Å². The van der Waals surface area contributed by atoms with Crippen LogP contribution in [0.4, 0.5) is 5.69 Å². The SMILES string of the molecule is COc1cc(CNc2ccc(Cl)c(Cl)c2)cc(Br)c1OCc1cccc(Cl)c1. The van der Waals surface area contributed by atoms with E-state index in [1.54, 1.807) is 19.2 Å². The van der Waals surface area contributed by atoms with E-state index >= 15 is 0 Å². The molecule has 0 unspecified atom stereocenters. The van der Waals surface area contributed by atoms with Crippen LogP contribution in [0, 0.1) is 0 Å². The normalized spacial score (nSPS) is 10.6. The highest BCUT2D eigenvalue weighted by atomic mass is 79.9. The number of ether oxygens (including phenoxy) is 2. The van der Waals surface area contributed by atoms with Gasteiger partial charge in [0.05, 0.1) is 21.6 Å². The van der Waals surface area contributed by atoms with E-state index < -0.39 is 0 Å². The fraction of sp³-hybridized carbons (Fsp3) is 0.143. The van der Waals surface area contributed by atoms with Crippen molar-refractivity contribution in [2.45, 2.75) is 13.2 Å². The third kappa shape index (κ3) is 5.48. The smallest absolute Gasteiger partial charge is 0.175 e. The minimum Gasteiger partial charge on any atom is -0.493 e. The van der Waals surface area contributed by atoms with Gasteiger partial charge in [0.2, 0.25) is 0 Å². The zero-order valence-electron chi connectivity index (χ0n) is 14.9. The summed E-state index contributed by atoms with van der Waals surface area (Å²) < 4.78 is 12.3. The summed E-state index contributed by atoms with van der Waals surface area (Å²) in [6.45, 7) is 0.970. The summed E-state index contributed by atoms with van der Waals surface area (Å²) in [4.78, 5) is 0. The third-order valence-electron chi connectivity index (χ3n) is 3.98. The third-order valence-corrected chi connectivity index (χ3v) is 5.54. The van der Waals surface area contributed by atoms with E-state index in [2.05, 4.69) is 21.2 Å². The van der Waals surface area contributed by atoms with Gasteiger partial charge in [-0.2, -0.15) is 0 Å². The Bertz CT molecular complexity index is 982. The molecule has 0 fully saturated rings. The van der Waals surface area contributed by atoms with Crippen LogP contribution < -0.4 is 14.8 Å². The summed E-state index contributed by atoms with van der Waals surface area (Å²) in [6, 6.07) is 16.9. The topological polar surface area (TPSA) is 30.5 Å². The van der Waals surface area contributed by atoms with Crippen molar-refractivity contribution in [3.8, 4) is 11.5 Å². The molecule has 0 atom stereocenters. The maximum atomic E-state index is 6.06. The number of hydrogen-bond donors (Lipinski definition) is 1. The van der Waals surface area contributed by atoms with Crippen LogP contribution >= 0.6 is 50.7 Å². The van der Waals surface area contributed by atoms with Crippen molar-refractivity contribution >= 4 is 56.4 Å². The second kappa shape index (κ2) is 9.75. The molecule has 3 rings (SSSR count). The predicted octanol–water partition coefficient (Wildman–Crippen LogP) is 7.61. The highest BCUT2D eigenvalue weighted by Gasteiger charge is 2.12. The van der Waals surface area contributed by atoms with Gasteiger partial charge in [-0.3, -0.25) is 0 Å². The number of methoxy groups -OCH3 is 1. The van der Waals surface area contributed by atoms with Crippen molar-refractivity contribution < 1.29 is 9.47 Å². The molecule has 3 aromatic rings. The van der Waals surface area contributed by atoms with Gasteiger partial charge in [0, 0.05) is 17.3 Å². The summed E-state index contributed by atoms with van der Waals surface area (Å²) in [6.07, 6.45) is 0. The van der Waals surface area contributed by atoms with E-state index in [0.29, 0.717) is 39.7 Å². The van der Waals surface area contributed by atoms with Crippen LogP contribution in [-0.4, -0.2) is 7.11 Å². The minimum absolute atomic E-state index is 0.385. The Hall–Kier alpha value is -1.59. The molecule has 0 aliphatic carbocycles. The highest BCUT2D eigenvalue weighted by Crippen LogP contribution is 2.37. The van der Waals surface area contributed by atoms with E-state index in [0.717, 1.165) is 21.3 Å². The van der Waals surface area contributed by atoms with Crippen molar-refractivity contribution in [3.05, 3.63) is 85.3 Å². The molecule has 3 nitrogen and oxygen atoms in total. The van der Waals surface area contributed by atoms with Gasteiger partial charge in [-0.15, -0.1) is 0 Å².